The molecule has 0 radical (unpaired) electrons. The van der Waals surface area contributed by atoms with Gasteiger partial charge in [0.1, 0.15) is 6.04 Å². The maximum atomic E-state index is 11.2. The van der Waals surface area contributed by atoms with Crippen LogP contribution >= 0.6 is 11.8 Å². The Balaban J connectivity index is 2.15. The molecule has 1 saturated heterocycles. The molecule has 1 aliphatic rings. The zero-order valence-corrected chi connectivity index (χ0v) is 9.47. The minimum Gasteiger partial charge on any atom is -0.480 e. The number of carboxylic acids is 1. The molecule has 1 heterocycles. The highest BCUT2D eigenvalue weighted by molar-refractivity contribution is 7.99. The topological polar surface area (TPSA) is 78.4 Å². The van der Waals surface area contributed by atoms with E-state index in [1.165, 1.54) is 6.92 Å². The van der Waals surface area contributed by atoms with Crippen LogP contribution in [0.4, 0.5) is 4.79 Å². The van der Waals surface area contributed by atoms with E-state index in [1.807, 2.05) is 11.8 Å². The van der Waals surface area contributed by atoms with Crippen molar-refractivity contribution in [3.63, 3.8) is 0 Å². The average Bonchev–Trinajstić information content (AvgIpc) is 2.66. The lowest BCUT2D eigenvalue weighted by atomic mass is 10.1. The van der Waals surface area contributed by atoms with E-state index >= 15 is 0 Å². The van der Waals surface area contributed by atoms with E-state index in [-0.39, 0.29) is 0 Å². The van der Waals surface area contributed by atoms with Crippen LogP contribution in [-0.2, 0) is 4.79 Å². The van der Waals surface area contributed by atoms with Crippen molar-refractivity contribution in [1.29, 1.82) is 0 Å². The second kappa shape index (κ2) is 5.85. The number of rotatable bonds is 4. The van der Waals surface area contributed by atoms with Crippen LogP contribution in [0.25, 0.3) is 0 Å². The van der Waals surface area contributed by atoms with E-state index in [9.17, 15) is 9.59 Å². The highest BCUT2D eigenvalue weighted by atomic mass is 32.2. The summed E-state index contributed by atoms with van der Waals surface area (Å²) in [5, 5.41) is 13.6. The van der Waals surface area contributed by atoms with Crippen molar-refractivity contribution >= 4 is 23.8 Å². The maximum Gasteiger partial charge on any atom is 0.325 e. The molecule has 0 aromatic heterocycles. The van der Waals surface area contributed by atoms with E-state index in [2.05, 4.69) is 10.6 Å². The molecule has 1 aliphatic heterocycles. The van der Waals surface area contributed by atoms with Crippen LogP contribution < -0.4 is 10.6 Å². The Morgan fingerprint density at radius 1 is 1.60 bits per heavy atom. The predicted molar refractivity (Wildman–Crippen MR) is 59.1 cm³/mol. The highest BCUT2D eigenvalue weighted by Gasteiger charge is 2.17. The Labute approximate surface area is 93.0 Å². The summed E-state index contributed by atoms with van der Waals surface area (Å²) >= 11 is 1.89. The minimum atomic E-state index is -1.03. The third-order valence-electron chi connectivity index (χ3n) is 2.29. The van der Waals surface area contributed by atoms with Crippen LogP contribution in [0.5, 0.6) is 0 Å². The van der Waals surface area contributed by atoms with Crippen LogP contribution in [-0.4, -0.2) is 41.2 Å². The lowest BCUT2D eigenvalue weighted by molar-refractivity contribution is -0.138. The van der Waals surface area contributed by atoms with Crippen molar-refractivity contribution in [3.8, 4) is 0 Å². The fraction of sp³-hybridized carbons (Fsp3) is 0.778. The molecule has 6 heteroatoms. The molecule has 0 aromatic carbocycles. The molecule has 2 atom stereocenters. The molecule has 1 unspecified atom stereocenters. The van der Waals surface area contributed by atoms with Gasteiger partial charge in [0.25, 0.3) is 0 Å². The number of carbonyl (C=O) groups excluding carboxylic acids is 1. The molecule has 0 bridgehead atoms. The van der Waals surface area contributed by atoms with Gasteiger partial charge in [0.2, 0.25) is 0 Å². The van der Waals surface area contributed by atoms with Crippen LogP contribution in [0.1, 0.15) is 13.3 Å². The van der Waals surface area contributed by atoms with E-state index in [0.29, 0.717) is 12.5 Å². The Morgan fingerprint density at radius 2 is 2.33 bits per heavy atom. The van der Waals surface area contributed by atoms with Gasteiger partial charge in [-0.15, -0.1) is 0 Å². The second-order valence-electron chi connectivity index (χ2n) is 3.64. The first kappa shape index (κ1) is 12.2. The SMILES string of the molecule is C[C@@H](NC(=O)NCC1CCSC1)C(=O)O. The van der Waals surface area contributed by atoms with Crippen molar-refractivity contribution in [2.45, 2.75) is 19.4 Å². The van der Waals surface area contributed by atoms with Gasteiger partial charge in [0.15, 0.2) is 0 Å². The molecular formula is C9H16N2O3S. The van der Waals surface area contributed by atoms with E-state index in [0.717, 1.165) is 17.9 Å². The van der Waals surface area contributed by atoms with E-state index in [1.54, 1.807) is 0 Å². The van der Waals surface area contributed by atoms with Gasteiger partial charge in [-0.2, -0.15) is 11.8 Å². The van der Waals surface area contributed by atoms with Gasteiger partial charge in [-0.3, -0.25) is 4.79 Å². The number of aliphatic carboxylic acids is 1. The Bertz CT molecular complexity index is 242. The number of thioether (sulfide) groups is 1. The third-order valence-corrected chi connectivity index (χ3v) is 3.52. The smallest absolute Gasteiger partial charge is 0.325 e. The van der Waals surface area contributed by atoms with Crippen molar-refractivity contribution in [2.24, 2.45) is 5.92 Å². The summed E-state index contributed by atoms with van der Waals surface area (Å²) in [5.41, 5.74) is 0. The van der Waals surface area contributed by atoms with Gasteiger partial charge in [-0.05, 0) is 30.8 Å². The van der Waals surface area contributed by atoms with Crippen LogP contribution in [0, 0.1) is 5.92 Å². The predicted octanol–water partition coefficient (Wildman–Crippen LogP) is 0.512. The van der Waals surface area contributed by atoms with Crippen molar-refractivity contribution in [3.05, 3.63) is 0 Å². The molecule has 0 aliphatic carbocycles. The van der Waals surface area contributed by atoms with Gasteiger partial charge in [0.05, 0.1) is 0 Å². The number of carboxylic acid groups (broad SMARTS) is 1. The molecule has 1 fully saturated rings. The summed E-state index contributed by atoms with van der Waals surface area (Å²) in [6, 6.07) is -1.25. The Morgan fingerprint density at radius 3 is 2.87 bits per heavy atom. The van der Waals surface area contributed by atoms with Crippen LogP contribution in [0.3, 0.4) is 0 Å². The molecule has 0 spiro atoms. The molecule has 5 nitrogen and oxygen atoms in total. The second-order valence-corrected chi connectivity index (χ2v) is 4.79. The standard InChI is InChI=1S/C9H16N2O3S/c1-6(8(12)13)11-9(14)10-4-7-2-3-15-5-7/h6-7H,2-5H2,1H3,(H,12,13)(H2,10,11,14)/t6-,7?/m1/s1. The summed E-state index contributed by atoms with van der Waals surface area (Å²) in [7, 11) is 0. The van der Waals surface area contributed by atoms with E-state index < -0.39 is 18.0 Å². The normalized spacial score (nSPS) is 22.1. The Hall–Kier alpha value is -0.910. The first-order valence-corrected chi connectivity index (χ1v) is 6.10. The molecule has 0 saturated carbocycles. The number of amides is 2. The van der Waals surface area contributed by atoms with Gasteiger partial charge in [0, 0.05) is 6.54 Å². The monoisotopic (exact) mass is 232 g/mol. The zero-order chi connectivity index (χ0) is 11.3. The average molecular weight is 232 g/mol. The first-order valence-electron chi connectivity index (χ1n) is 4.94. The van der Waals surface area contributed by atoms with Crippen molar-refractivity contribution in [1.82, 2.24) is 10.6 Å². The number of hydrogen-bond donors (Lipinski definition) is 3. The minimum absolute atomic E-state index is 0.401. The molecule has 1 rings (SSSR count). The largest absolute Gasteiger partial charge is 0.480 e. The number of carbonyl (C=O) groups is 2. The molecule has 0 aromatic rings. The molecular weight excluding hydrogens is 216 g/mol. The maximum absolute atomic E-state index is 11.2. The summed E-state index contributed by atoms with van der Waals surface area (Å²) < 4.78 is 0. The lowest BCUT2D eigenvalue weighted by Crippen LogP contribution is -2.45. The van der Waals surface area contributed by atoms with Gasteiger partial charge >= 0.3 is 12.0 Å². The van der Waals surface area contributed by atoms with Crippen molar-refractivity contribution < 1.29 is 14.7 Å². The summed E-state index contributed by atoms with van der Waals surface area (Å²) in [6.45, 7) is 2.07. The number of hydrogen-bond acceptors (Lipinski definition) is 3. The zero-order valence-electron chi connectivity index (χ0n) is 8.66. The summed E-state index contributed by atoms with van der Waals surface area (Å²) in [6.07, 6.45) is 1.12. The first-order chi connectivity index (χ1) is 7.09. The quantitative estimate of drug-likeness (QED) is 0.660. The molecule has 86 valence electrons. The molecule has 15 heavy (non-hydrogen) atoms. The van der Waals surface area contributed by atoms with Gasteiger partial charge in [-0.25, -0.2) is 4.79 Å². The third kappa shape index (κ3) is 4.42. The lowest BCUT2D eigenvalue weighted by Gasteiger charge is -2.13. The van der Waals surface area contributed by atoms with Crippen LogP contribution in [0.15, 0.2) is 0 Å². The van der Waals surface area contributed by atoms with Gasteiger partial charge < -0.3 is 15.7 Å². The Kier molecular flexibility index (Phi) is 4.74. The van der Waals surface area contributed by atoms with Gasteiger partial charge in [-0.1, -0.05) is 0 Å². The van der Waals surface area contributed by atoms with Crippen LogP contribution in [0.2, 0.25) is 0 Å². The number of nitrogens with one attached hydrogen (secondary N) is 2. The van der Waals surface area contributed by atoms with E-state index in [4.69, 9.17) is 5.11 Å². The molecule has 3 N–H and O–H groups in total. The van der Waals surface area contributed by atoms with Crippen molar-refractivity contribution in [2.75, 3.05) is 18.1 Å². The number of urea groups is 1. The molecule has 2 amide bonds. The summed E-state index contributed by atoms with van der Waals surface area (Å²) in [5.74, 6) is 1.73. The summed E-state index contributed by atoms with van der Waals surface area (Å²) in [4.78, 5) is 21.7. The fourth-order valence-corrected chi connectivity index (χ4v) is 2.58. The highest BCUT2D eigenvalue weighted by Crippen LogP contribution is 2.22. The fourth-order valence-electron chi connectivity index (χ4n) is 1.29.